The minimum atomic E-state index is -0.445. The van der Waals surface area contributed by atoms with Crippen molar-refractivity contribution in [2.75, 3.05) is 25.0 Å². The molecular formula is C15H22ClIN4O2. The summed E-state index contributed by atoms with van der Waals surface area (Å²) in [6, 6.07) is 1.78. The molecule has 0 aliphatic carbocycles. The molecule has 2 rings (SSSR count). The highest BCUT2D eigenvalue weighted by molar-refractivity contribution is 14.1. The number of rotatable bonds is 3. The third kappa shape index (κ3) is 5.95. The first-order valence-corrected chi connectivity index (χ1v) is 9.11. The van der Waals surface area contributed by atoms with Crippen molar-refractivity contribution in [2.24, 2.45) is 5.92 Å². The van der Waals surface area contributed by atoms with Crippen LogP contribution < -0.4 is 5.32 Å². The first-order chi connectivity index (χ1) is 10.7. The third-order valence-electron chi connectivity index (χ3n) is 3.57. The number of nitrogens with one attached hydrogen (secondary N) is 1. The zero-order chi connectivity index (χ0) is 17.0. The fourth-order valence-corrected chi connectivity index (χ4v) is 2.98. The Bertz CT molecular complexity index is 557. The van der Waals surface area contributed by atoms with Crippen LogP contribution in [0.1, 0.15) is 33.6 Å². The van der Waals surface area contributed by atoms with E-state index in [0.29, 0.717) is 11.1 Å². The van der Waals surface area contributed by atoms with Crippen LogP contribution in [0.2, 0.25) is 5.15 Å². The first-order valence-electron chi connectivity index (χ1n) is 7.65. The van der Waals surface area contributed by atoms with Crippen LogP contribution in [-0.4, -0.2) is 46.4 Å². The van der Waals surface area contributed by atoms with E-state index in [-0.39, 0.29) is 6.09 Å². The summed E-state index contributed by atoms with van der Waals surface area (Å²) in [5.41, 5.74) is 0.458. The Labute approximate surface area is 155 Å². The highest BCUT2D eigenvalue weighted by Crippen LogP contribution is 2.22. The van der Waals surface area contributed by atoms with Gasteiger partial charge in [0, 0.05) is 25.7 Å². The standard InChI is InChI=1S/C15H22ClIN4O2/c1-15(2,3)23-14(22)21-6-4-10(5-7-21)9-18-11-8-12(16)19-20-13(11)17/h8,10H,4-7,9H2,1-3H3,(H,18,19). The fourth-order valence-electron chi connectivity index (χ4n) is 2.38. The molecule has 0 radical (unpaired) electrons. The van der Waals surface area contributed by atoms with Crippen LogP contribution in [-0.2, 0) is 4.74 Å². The second-order valence-electron chi connectivity index (χ2n) is 6.66. The van der Waals surface area contributed by atoms with E-state index in [1.165, 1.54) is 0 Å². The predicted octanol–water partition coefficient (Wildman–Crippen LogP) is 3.79. The number of hydrogen-bond acceptors (Lipinski definition) is 5. The lowest BCUT2D eigenvalue weighted by atomic mass is 9.97. The minimum absolute atomic E-state index is 0.219. The van der Waals surface area contributed by atoms with Crippen molar-refractivity contribution in [3.05, 3.63) is 14.9 Å². The number of aromatic nitrogens is 2. The predicted molar refractivity (Wildman–Crippen MR) is 98.8 cm³/mol. The summed E-state index contributed by atoms with van der Waals surface area (Å²) in [6.07, 6.45) is 1.69. The molecule has 0 atom stereocenters. The van der Waals surface area contributed by atoms with Gasteiger partial charge in [-0.25, -0.2) is 4.79 Å². The van der Waals surface area contributed by atoms with Gasteiger partial charge in [-0.05, 0) is 62.1 Å². The molecular weight excluding hydrogens is 431 g/mol. The molecule has 0 saturated carbocycles. The second kappa shape index (κ2) is 7.83. The topological polar surface area (TPSA) is 67.3 Å². The number of nitrogens with zero attached hydrogens (tertiary/aromatic N) is 3. The summed E-state index contributed by atoms with van der Waals surface area (Å²) >= 11 is 8.00. The maximum atomic E-state index is 12.0. The molecule has 23 heavy (non-hydrogen) atoms. The van der Waals surface area contributed by atoms with Crippen LogP contribution in [0, 0.1) is 9.62 Å². The maximum Gasteiger partial charge on any atom is 0.410 e. The van der Waals surface area contributed by atoms with E-state index in [2.05, 4.69) is 38.1 Å². The number of likely N-dealkylation sites (tertiary alicyclic amines) is 1. The van der Waals surface area contributed by atoms with E-state index >= 15 is 0 Å². The van der Waals surface area contributed by atoms with Gasteiger partial charge in [0.1, 0.15) is 9.30 Å². The quantitative estimate of drug-likeness (QED) is 0.707. The van der Waals surface area contributed by atoms with Gasteiger partial charge in [0.2, 0.25) is 0 Å². The zero-order valence-electron chi connectivity index (χ0n) is 13.6. The molecule has 1 aliphatic rings. The summed E-state index contributed by atoms with van der Waals surface area (Å²) in [5.74, 6) is 0.511. The Morgan fingerprint density at radius 2 is 2.09 bits per heavy atom. The van der Waals surface area contributed by atoms with Crippen molar-refractivity contribution in [3.8, 4) is 0 Å². The molecule has 1 aromatic heterocycles. The second-order valence-corrected chi connectivity index (χ2v) is 8.07. The minimum Gasteiger partial charge on any atom is -0.444 e. The van der Waals surface area contributed by atoms with Gasteiger partial charge >= 0.3 is 6.09 Å². The summed E-state index contributed by atoms with van der Waals surface area (Å²) in [7, 11) is 0. The Morgan fingerprint density at radius 1 is 1.43 bits per heavy atom. The molecule has 8 heteroatoms. The summed E-state index contributed by atoms with van der Waals surface area (Å²) in [4.78, 5) is 13.8. The number of carbonyl (C=O) groups is 1. The summed E-state index contributed by atoms with van der Waals surface area (Å²) < 4.78 is 6.22. The molecule has 0 unspecified atom stereocenters. The number of anilines is 1. The highest BCUT2D eigenvalue weighted by atomic mass is 127. The molecule has 1 aromatic rings. The molecule has 0 aromatic carbocycles. The lowest BCUT2D eigenvalue weighted by Gasteiger charge is -2.33. The number of ether oxygens (including phenoxy) is 1. The smallest absolute Gasteiger partial charge is 0.410 e. The first kappa shape index (κ1) is 18.5. The molecule has 0 spiro atoms. The molecule has 0 bridgehead atoms. The van der Waals surface area contributed by atoms with E-state index in [9.17, 15) is 4.79 Å². The van der Waals surface area contributed by atoms with E-state index in [1.807, 2.05) is 20.8 Å². The Balaban J connectivity index is 1.79. The van der Waals surface area contributed by atoms with Crippen molar-refractivity contribution >= 4 is 46.0 Å². The SMILES string of the molecule is CC(C)(C)OC(=O)N1CCC(CNc2cc(Cl)nnc2I)CC1. The van der Waals surface area contributed by atoms with Gasteiger partial charge in [0.15, 0.2) is 5.15 Å². The largest absolute Gasteiger partial charge is 0.444 e. The van der Waals surface area contributed by atoms with Crippen molar-refractivity contribution in [3.63, 3.8) is 0 Å². The van der Waals surface area contributed by atoms with Crippen LogP contribution in [0.15, 0.2) is 6.07 Å². The monoisotopic (exact) mass is 452 g/mol. The van der Waals surface area contributed by atoms with E-state index < -0.39 is 5.60 Å². The Hall–Kier alpha value is -0.830. The van der Waals surface area contributed by atoms with Crippen molar-refractivity contribution in [1.29, 1.82) is 0 Å². The third-order valence-corrected chi connectivity index (χ3v) is 4.55. The van der Waals surface area contributed by atoms with Crippen LogP contribution in [0.3, 0.4) is 0 Å². The van der Waals surface area contributed by atoms with E-state index in [0.717, 1.165) is 41.9 Å². The molecule has 1 aliphatic heterocycles. The van der Waals surface area contributed by atoms with Gasteiger partial charge in [-0.15, -0.1) is 10.2 Å². The van der Waals surface area contributed by atoms with Crippen molar-refractivity contribution < 1.29 is 9.53 Å². The Morgan fingerprint density at radius 3 is 2.70 bits per heavy atom. The zero-order valence-corrected chi connectivity index (χ0v) is 16.5. The molecule has 1 N–H and O–H groups in total. The molecule has 1 fully saturated rings. The maximum absolute atomic E-state index is 12.0. The molecule has 6 nitrogen and oxygen atoms in total. The van der Waals surface area contributed by atoms with E-state index in [4.69, 9.17) is 16.3 Å². The van der Waals surface area contributed by atoms with Gasteiger partial charge in [-0.2, -0.15) is 0 Å². The number of hydrogen-bond donors (Lipinski definition) is 1. The molecule has 2 heterocycles. The lowest BCUT2D eigenvalue weighted by molar-refractivity contribution is 0.0188. The lowest BCUT2D eigenvalue weighted by Crippen LogP contribution is -2.42. The van der Waals surface area contributed by atoms with Crippen molar-refractivity contribution in [1.82, 2.24) is 15.1 Å². The van der Waals surface area contributed by atoms with Gasteiger partial charge < -0.3 is 15.0 Å². The molecule has 1 saturated heterocycles. The number of amides is 1. The number of carbonyl (C=O) groups excluding carboxylic acids is 1. The van der Waals surface area contributed by atoms with Gasteiger partial charge in [-0.3, -0.25) is 0 Å². The average molecular weight is 453 g/mol. The summed E-state index contributed by atoms with van der Waals surface area (Å²) in [6.45, 7) is 7.95. The highest BCUT2D eigenvalue weighted by Gasteiger charge is 2.26. The van der Waals surface area contributed by atoms with Crippen LogP contribution >= 0.6 is 34.2 Å². The fraction of sp³-hybridized carbons (Fsp3) is 0.667. The Kier molecular flexibility index (Phi) is 6.30. The average Bonchev–Trinajstić information content (AvgIpc) is 2.47. The molecule has 1 amide bonds. The van der Waals surface area contributed by atoms with Gasteiger partial charge in [0.25, 0.3) is 0 Å². The summed E-state index contributed by atoms with van der Waals surface area (Å²) in [5, 5.41) is 11.5. The van der Waals surface area contributed by atoms with Gasteiger partial charge in [-0.1, -0.05) is 11.6 Å². The van der Waals surface area contributed by atoms with E-state index in [1.54, 1.807) is 11.0 Å². The normalized spacial score (nSPS) is 16.3. The van der Waals surface area contributed by atoms with Crippen LogP contribution in [0.25, 0.3) is 0 Å². The van der Waals surface area contributed by atoms with Crippen LogP contribution in [0.4, 0.5) is 10.5 Å². The van der Waals surface area contributed by atoms with Gasteiger partial charge in [0.05, 0.1) is 5.69 Å². The number of piperidine rings is 1. The number of halogens is 2. The van der Waals surface area contributed by atoms with Crippen LogP contribution in [0.5, 0.6) is 0 Å². The van der Waals surface area contributed by atoms with Crippen molar-refractivity contribution in [2.45, 2.75) is 39.2 Å². The molecule has 128 valence electrons.